The first kappa shape index (κ1) is 19.0. The quantitative estimate of drug-likeness (QED) is 0.731. The third-order valence-corrected chi connectivity index (χ3v) is 5.04. The second-order valence-corrected chi connectivity index (χ2v) is 7.44. The number of morpholine rings is 1. The van der Waals surface area contributed by atoms with E-state index in [1.54, 1.807) is 0 Å². The molecule has 0 aromatic heterocycles. The number of benzene rings is 2. The molecule has 1 saturated heterocycles. The molecule has 5 nitrogen and oxygen atoms in total. The molecule has 0 atom stereocenters. The van der Waals surface area contributed by atoms with Gasteiger partial charge in [0, 0.05) is 22.6 Å². The van der Waals surface area contributed by atoms with E-state index in [1.807, 2.05) is 43.3 Å². The minimum atomic E-state index is -0.123. The number of nitrogens with zero attached hydrogens (tertiary/aromatic N) is 1. The summed E-state index contributed by atoms with van der Waals surface area (Å²) < 4.78 is 6.28. The fourth-order valence-corrected chi connectivity index (χ4v) is 3.59. The molecule has 1 heterocycles. The third kappa shape index (κ3) is 4.90. The van der Waals surface area contributed by atoms with E-state index in [-0.39, 0.29) is 12.5 Å². The van der Waals surface area contributed by atoms with Crippen LogP contribution in [0.1, 0.15) is 5.56 Å². The number of hydrogen-bond acceptors (Lipinski definition) is 4. The molecule has 1 amide bonds. The number of ether oxygens (including phenoxy) is 1. The van der Waals surface area contributed by atoms with Crippen LogP contribution < -0.4 is 15.5 Å². The van der Waals surface area contributed by atoms with Crippen molar-refractivity contribution in [3.8, 4) is 0 Å². The summed E-state index contributed by atoms with van der Waals surface area (Å²) in [4.78, 5) is 14.6. The van der Waals surface area contributed by atoms with Crippen molar-refractivity contribution in [3.63, 3.8) is 0 Å². The lowest BCUT2D eigenvalue weighted by atomic mass is 10.2. The van der Waals surface area contributed by atoms with Gasteiger partial charge in [-0.05, 0) is 58.7 Å². The zero-order chi connectivity index (χ0) is 18.5. The average molecular weight is 439 g/mol. The van der Waals surface area contributed by atoms with E-state index in [1.165, 1.54) is 0 Å². The van der Waals surface area contributed by atoms with Crippen LogP contribution in [0.15, 0.2) is 40.9 Å². The first-order valence-corrected chi connectivity index (χ1v) is 9.62. The Morgan fingerprint density at radius 3 is 2.69 bits per heavy atom. The standard InChI is InChI=1S/C19H21BrClN3O2/c1-13-2-4-16(15(20)10-13)23-19(25)12-22-17-11-14(21)3-5-18(17)24-6-8-26-9-7-24/h2-5,10-11,22H,6-9,12H2,1H3,(H,23,25). The van der Waals surface area contributed by atoms with Crippen molar-refractivity contribution >= 4 is 50.5 Å². The molecule has 3 rings (SSSR count). The normalized spacial score (nSPS) is 14.2. The second kappa shape index (κ2) is 8.75. The van der Waals surface area contributed by atoms with Gasteiger partial charge in [0.2, 0.25) is 5.91 Å². The summed E-state index contributed by atoms with van der Waals surface area (Å²) in [5, 5.41) is 6.75. The molecule has 2 aromatic carbocycles. The Bertz CT molecular complexity index is 794. The molecule has 138 valence electrons. The Morgan fingerprint density at radius 1 is 1.19 bits per heavy atom. The molecular weight excluding hydrogens is 418 g/mol. The van der Waals surface area contributed by atoms with Crippen LogP contribution in [0.5, 0.6) is 0 Å². The van der Waals surface area contributed by atoms with Gasteiger partial charge in [-0.1, -0.05) is 17.7 Å². The van der Waals surface area contributed by atoms with Crippen molar-refractivity contribution < 1.29 is 9.53 Å². The highest BCUT2D eigenvalue weighted by Gasteiger charge is 2.16. The van der Waals surface area contributed by atoms with Crippen molar-refractivity contribution in [1.82, 2.24) is 0 Å². The molecule has 2 aromatic rings. The van der Waals surface area contributed by atoms with E-state index in [4.69, 9.17) is 16.3 Å². The van der Waals surface area contributed by atoms with E-state index in [0.717, 1.165) is 40.2 Å². The first-order chi connectivity index (χ1) is 12.5. The monoisotopic (exact) mass is 437 g/mol. The molecule has 1 fully saturated rings. The van der Waals surface area contributed by atoms with E-state index in [9.17, 15) is 4.79 Å². The minimum absolute atomic E-state index is 0.123. The minimum Gasteiger partial charge on any atom is -0.378 e. The summed E-state index contributed by atoms with van der Waals surface area (Å²) in [5.41, 5.74) is 3.75. The number of halogens is 2. The predicted molar refractivity (Wildman–Crippen MR) is 110 cm³/mol. The summed E-state index contributed by atoms with van der Waals surface area (Å²) in [6.07, 6.45) is 0. The van der Waals surface area contributed by atoms with Crippen LogP contribution in [0.4, 0.5) is 17.1 Å². The topological polar surface area (TPSA) is 53.6 Å². The SMILES string of the molecule is Cc1ccc(NC(=O)CNc2cc(Cl)ccc2N2CCOCC2)c(Br)c1. The van der Waals surface area contributed by atoms with E-state index in [2.05, 4.69) is 31.5 Å². The number of anilines is 3. The summed E-state index contributed by atoms with van der Waals surface area (Å²) in [6.45, 7) is 5.19. The van der Waals surface area contributed by atoms with Crippen LogP contribution >= 0.6 is 27.5 Å². The van der Waals surface area contributed by atoms with Gasteiger partial charge in [0.15, 0.2) is 0 Å². The van der Waals surface area contributed by atoms with Gasteiger partial charge in [0.1, 0.15) is 0 Å². The van der Waals surface area contributed by atoms with E-state index >= 15 is 0 Å². The Kier molecular flexibility index (Phi) is 6.40. The molecule has 0 saturated carbocycles. The van der Waals surface area contributed by atoms with E-state index in [0.29, 0.717) is 18.2 Å². The molecule has 0 radical (unpaired) electrons. The Morgan fingerprint density at radius 2 is 1.96 bits per heavy atom. The zero-order valence-electron chi connectivity index (χ0n) is 14.5. The number of hydrogen-bond donors (Lipinski definition) is 2. The van der Waals surface area contributed by atoms with Gasteiger partial charge < -0.3 is 20.3 Å². The van der Waals surface area contributed by atoms with E-state index < -0.39 is 0 Å². The lowest BCUT2D eigenvalue weighted by Gasteiger charge is -2.30. The van der Waals surface area contributed by atoms with Crippen molar-refractivity contribution in [2.75, 3.05) is 48.4 Å². The lowest BCUT2D eigenvalue weighted by molar-refractivity contribution is -0.114. The summed E-state index contributed by atoms with van der Waals surface area (Å²) in [5.74, 6) is -0.123. The summed E-state index contributed by atoms with van der Waals surface area (Å²) >= 11 is 9.62. The number of aryl methyl sites for hydroxylation is 1. The van der Waals surface area contributed by atoms with Gasteiger partial charge in [-0.3, -0.25) is 4.79 Å². The molecule has 26 heavy (non-hydrogen) atoms. The van der Waals surface area contributed by atoms with Gasteiger partial charge in [-0.2, -0.15) is 0 Å². The van der Waals surface area contributed by atoms with Crippen LogP contribution in [-0.4, -0.2) is 38.8 Å². The Hall–Kier alpha value is -1.76. The smallest absolute Gasteiger partial charge is 0.243 e. The molecule has 1 aliphatic heterocycles. The first-order valence-electron chi connectivity index (χ1n) is 8.45. The third-order valence-electron chi connectivity index (χ3n) is 4.15. The van der Waals surface area contributed by atoms with Gasteiger partial charge in [-0.15, -0.1) is 0 Å². The fourth-order valence-electron chi connectivity index (χ4n) is 2.82. The maximum Gasteiger partial charge on any atom is 0.243 e. The van der Waals surface area contributed by atoms with Crippen molar-refractivity contribution in [3.05, 3.63) is 51.5 Å². The Labute approximate surface area is 166 Å². The maximum atomic E-state index is 12.3. The fraction of sp³-hybridized carbons (Fsp3) is 0.316. The highest BCUT2D eigenvalue weighted by Crippen LogP contribution is 2.30. The van der Waals surface area contributed by atoms with Crippen molar-refractivity contribution in [2.24, 2.45) is 0 Å². The van der Waals surface area contributed by atoms with Crippen LogP contribution in [-0.2, 0) is 9.53 Å². The van der Waals surface area contributed by atoms with Gasteiger partial charge in [0.05, 0.1) is 36.8 Å². The van der Waals surface area contributed by atoms with Crippen LogP contribution in [0.25, 0.3) is 0 Å². The zero-order valence-corrected chi connectivity index (χ0v) is 16.9. The van der Waals surface area contributed by atoms with Gasteiger partial charge in [0.25, 0.3) is 0 Å². The molecule has 0 spiro atoms. The Balaban J connectivity index is 1.66. The van der Waals surface area contributed by atoms with Gasteiger partial charge >= 0.3 is 0 Å². The number of rotatable bonds is 5. The van der Waals surface area contributed by atoms with Crippen LogP contribution in [0, 0.1) is 6.92 Å². The maximum absolute atomic E-state index is 12.3. The largest absolute Gasteiger partial charge is 0.378 e. The molecule has 0 unspecified atom stereocenters. The number of carbonyl (C=O) groups is 1. The predicted octanol–water partition coefficient (Wildman–Crippen LogP) is 4.30. The van der Waals surface area contributed by atoms with Crippen LogP contribution in [0.2, 0.25) is 5.02 Å². The molecule has 2 N–H and O–H groups in total. The summed E-state index contributed by atoms with van der Waals surface area (Å²) in [6, 6.07) is 11.5. The highest BCUT2D eigenvalue weighted by atomic mass is 79.9. The molecule has 7 heteroatoms. The van der Waals surface area contributed by atoms with Gasteiger partial charge in [-0.25, -0.2) is 0 Å². The summed E-state index contributed by atoms with van der Waals surface area (Å²) in [7, 11) is 0. The molecule has 0 aliphatic carbocycles. The van der Waals surface area contributed by atoms with Crippen molar-refractivity contribution in [2.45, 2.75) is 6.92 Å². The lowest BCUT2D eigenvalue weighted by Crippen LogP contribution is -2.36. The molecule has 0 bridgehead atoms. The molecule has 1 aliphatic rings. The average Bonchev–Trinajstić information content (AvgIpc) is 2.63. The second-order valence-electron chi connectivity index (χ2n) is 6.15. The number of nitrogens with one attached hydrogen (secondary N) is 2. The van der Waals surface area contributed by atoms with Crippen molar-refractivity contribution in [1.29, 1.82) is 0 Å². The number of carbonyl (C=O) groups excluding carboxylic acids is 1. The number of amides is 1. The van der Waals surface area contributed by atoms with Crippen LogP contribution in [0.3, 0.4) is 0 Å². The highest BCUT2D eigenvalue weighted by molar-refractivity contribution is 9.10. The molecular formula is C19H21BrClN3O2.